The Labute approximate surface area is 212 Å². The van der Waals surface area contributed by atoms with E-state index in [4.69, 9.17) is 9.47 Å². The second kappa shape index (κ2) is 11.5. The number of hydrogen-bond acceptors (Lipinski definition) is 7. The molecule has 0 radical (unpaired) electrons. The minimum Gasteiger partial charge on any atom is -0.497 e. The first-order valence-corrected chi connectivity index (χ1v) is 12.2. The molecule has 0 aliphatic carbocycles. The van der Waals surface area contributed by atoms with Crippen LogP contribution in [0.25, 0.3) is 11.1 Å². The molecule has 0 unspecified atom stereocenters. The summed E-state index contributed by atoms with van der Waals surface area (Å²) in [4.78, 5) is 26.3. The van der Waals surface area contributed by atoms with Crippen molar-refractivity contribution in [2.24, 2.45) is 5.92 Å². The van der Waals surface area contributed by atoms with E-state index in [0.717, 1.165) is 29.0 Å². The standard InChI is InChI=1S/C28H34N4O4/c1-19-15-32(20(2)18-33)28(34)25-13-23(22-6-5-7-24(12-22)35-4)14-30-27(25)36-26(19)17-31(3)16-21-8-10-29-11-9-21/h5-14,19-20,26,33H,15-18H2,1-4H3/t19-,20+,26+/m0/s1. The van der Waals surface area contributed by atoms with Gasteiger partial charge in [-0.2, -0.15) is 0 Å². The van der Waals surface area contributed by atoms with Gasteiger partial charge in [0.1, 0.15) is 17.4 Å². The van der Waals surface area contributed by atoms with Crippen LogP contribution in [0.5, 0.6) is 11.6 Å². The van der Waals surface area contributed by atoms with Gasteiger partial charge in [0.05, 0.1) is 19.8 Å². The average molecular weight is 491 g/mol. The van der Waals surface area contributed by atoms with E-state index in [9.17, 15) is 9.90 Å². The maximum Gasteiger partial charge on any atom is 0.259 e. The lowest BCUT2D eigenvalue weighted by molar-refractivity contribution is 0.0325. The van der Waals surface area contributed by atoms with Gasteiger partial charge < -0.3 is 19.5 Å². The van der Waals surface area contributed by atoms with Gasteiger partial charge in [0.2, 0.25) is 5.88 Å². The molecule has 1 aliphatic heterocycles. The second-order valence-electron chi connectivity index (χ2n) is 9.48. The summed E-state index contributed by atoms with van der Waals surface area (Å²) in [5.74, 6) is 0.870. The van der Waals surface area contributed by atoms with Crippen LogP contribution in [-0.2, 0) is 6.54 Å². The Balaban J connectivity index is 1.66. The maximum absolute atomic E-state index is 13.7. The first-order chi connectivity index (χ1) is 17.4. The van der Waals surface area contributed by atoms with Gasteiger partial charge in [-0.05, 0) is 55.4 Å². The van der Waals surface area contributed by atoms with Gasteiger partial charge in [-0.25, -0.2) is 4.98 Å². The number of hydrogen-bond donors (Lipinski definition) is 1. The summed E-state index contributed by atoms with van der Waals surface area (Å²) < 4.78 is 11.8. The largest absolute Gasteiger partial charge is 0.497 e. The zero-order valence-corrected chi connectivity index (χ0v) is 21.3. The number of aliphatic hydroxyl groups excluding tert-OH is 1. The fourth-order valence-electron chi connectivity index (χ4n) is 4.45. The van der Waals surface area contributed by atoms with Crippen LogP contribution in [0.4, 0.5) is 0 Å². The molecule has 0 bridgehead atoms. The molecular weight excluding hydrogens is 456 g/mol. The number of methoxy groups -OCH3 is 1. The summed E-state index contributed by atoms with van der Waals surface area (Å²) in [6.45, 7) is 5.68. The molecule has 3 heterocycles. The Bertz CT molecular complexity index is 1170. The lowest BCUT2D eigenvalue weighted by Crippen LogP contribution is -2.49. The Morgan fingerprint density at radius 1 is 1.22 bits per heavy atom. The van der Waals surface area contributed by atoms with Gasteiger partial charge in [-0.3, -0.25) is 14.7 Å². The summed E-state index contributed by atoms with van der Waals surface area (Å²) in [6.07, 6.45) is 5.10. The number of amides is 1. The first kappa shape index (κ1) is 25.6. The monoisotopic (exact) mass is 490 g/mol. The quantitative estimate of drug-likeness (QED) is 0.517. The van der Waals surface area contributed by atoms with Crippen LogP contribution < -0.4 is 9.47 Å². The summed E-state index contributed by atoms with van der Waals surface area (Å²) in [7, 11) is 3.67. The number of aliphatic hydroxyl groups is 1. The van der Waals surface area contributed by atoms with E-state index in [2.05, 4.69) is 28.8 Å². The highest BCUT2D eigenvalue weighted by Crippen LogP contribution is 2.31. The van der Waals surface area contributed by atoms with Crippen molar-refractivity contribution < 1.29 is 19.4 Å². The molecule has 1 aromatic carbocycles. The zero-order valence-electron chi connectivity index (χ0n) is 21.3. The highest BCUT2D eigenvalue weighted by molar-refractivity contribution is 5.98. The topological polar surface area (TPSA) is 88.0 Å². The molecule has 3 aromatic rings. The number of ether oxygens (including phenoxy) is 2. The number of fused-ring (bicyclic) bond motifs is 1. The molecule has 0 spiro atoms. The fourth-order valence-corrected chi connectivity index (χ4v) is 4.45. The van der Waals surface area contributed by atoms with Crippen LogP contribution in [0.2, 0.25) is 0 Å². The molecule has 1 aliphatic rings. The van der Waals surface area contributed by atoms with Crippen molar-refractivity contribution in [1.82, 2.24) is 19.8 Å². The molecule has 36 heavy (non-hydrogen) atoms. The summed E-state index contributed by atoms with van der Waals surface area (Å²) in [5, 5.41) is 9.90. The smallest absolute Gasteiger partial charge is 0.259 e. The van der Waals surface area contributed by atoms with Crippen LogP contribution >= 0.6 is 0 Å². The van der Waals surface area contributed by atoms with Crippen molar-refractivity contribution in [1.29, 1.82) is 0 Å². The average Bonchev–Trinajstić information content (AvgIpc) is 2.90. The van der Waals surface area contributed by atoms with Crippen molar-refractivity contribution in [2.75, 3.05) is 33.9 Å². The van der Waals surface area contributed by atoms with Crippen molar-refractivity contribution in [2.45, 2.75) is 32.5 Å². The summed E-state index contributed by atoms with van der Waals surface area (Å²) >= 11 is 0. The number of carbonyl (C=O) groups is 1. The number of nitrogens with zero attached hydrogens (tertiary/aromatic N) is 4. The third kappa shape index (κ3) is 5.83. The van der Waals surface area contributed by atoms with E-state index in [0.29, 0.717) is 24.5 Å². The van der Waals surface area contributed by atoms with Gasteiger partial charge in [0.25, 0.3) is 5.91 Å². The third-order valence-electron chi connectivity index (χ3n) is 6.62. The van der Waals surface area contributed by atoms with E-state index in [1.807, 2.05) is 49.4 Å². The molecule has 3 atom stereocenters. The molecule has 4 rings (SSSR count). The van der Waals surface area contributed by atoms with E-state index < -0.39 is 0 Å². The molecule has 0 fully saturated rings. The minimum absolute atomic E-state index is 0.0239. The first-order valence-electron chi connectivity index (χ1n) is 12.2. The number of likely N-dealkylation sites (N-methyl/N-ethyl adjacent to an activating group) is 1. The zero-order chi connectivity index (χ0) is 25.7. The Morgan fingerprint density at radius 3 is 2.72 bits per heavy atom. The summed E-state index contributed by atoms with van der Waals surface area (Å²) in [5.41, 5.74) is 3.24. The van der Waals surface area contributed by atoms with E-state index in [-0.39, 0.29) is 30.6 Å². The Kier molecular flexibility index (Phi) is 8.18. The molecule has 190 valence electrons. The van der Waals surface area contributed by atoms with Crippen LogP contribution in [-0.4, -0.2) is 76.8 Å². The summed E-state index contributed by atoms with van der Waals surface area (Å²) in [6, 6.07) is 13.1. The molecule has 0 saturated carbocycles. The van der Waals surface area contributed by atoms with Crippen LogP contribution in [0.15, 0.2) is 61.1 Å². The predicted molar refractivity (Wildman–Crippen MR) is 138 cm³/mol. The van der Waals surface area contributed by atoms with Crippen LogP contribution in [0.3, 0.4) is 0 Å². The Morgan fingerprint density at radius 2 is 2.00 bits per heavy atom. The van der Waals surface area contributed by atoms with E-state index in [1.165, 1.54) is 0 Å². The van der Waals surface area contributed by atoms with E-state index >= 15 is 0 Å². The molecule has 1 N–H and O–H groups in total. The molecule has 1 amide bonds. The lowest BCUT2D eigenvalue weighted by atomic mass is 9.99. The number of rotatable bonds is 8. The highest BCUT2D eigenvalue weighted by Gasteiger charge is 2.34. The predicted octanol–water partition coefficient (Wildman–Crippen LogP) is 3.50. The number of benzene rings is 1. The van der Waals surface area contributed by atoms with Crippen molar-refractivity contribution in [3.8, 4) is 22.8 Å². The molecular formula is C28H34N4O4. The lowest BCUT2D eigenvalue weighted by Gasteiger charge is -2.37. The van der Waals surface area contributed by atoms with Crippen molar-refractivity contribution >= 4 is 5.91 Å². The Hall–Kier alpha value is -3.49. The van der Waals surface area contributed by atoms with Crippen molar-refractivity contribution in [3.05, 3.63) is 72.2 Å². The van der Waals surface area contributed by atoms with Gasteiger partial charge in [0.15, 0.2) is 0 Å². The van der Waals surface area contributed by atoms with E-state index in [1.54, 1.807) is 30.6 Å². The molecule has 2 aromatic heterocycles. The number of aromatic nitrogens is 2. The van der Waals surface area contributed by atoms with Crippen LogP contribution in [0, 0.1) is 5.92 Å². The van der Waals surface area contributed by atoms with Crippen molar-refractivity contribution in [3.63, 3.8) is 0 Å². The van der Waals surface area contributed by atoms with Gasteiger partial charge >= 0.3 is 0 Å². The van der Waals surface area contributed by atoms with Gasteiger partial charge in [-0.1, -0.05) is 19.1 Å². The highest BCUT2D eigenvalue weighted by atomic mass is 16.5. The van der Waals surface area contributed by atoms with Crippen LogP contribution in [0.1, 0.15) is 29.8 Å². The van der Waals surface area contributed by atoms with Gasteiger partial charge in [0, 0.05) is 49.7 Å². The molecule has 8 heteroatoms. The molecule has 8 nitrogen and oxygen atoms in total. The number of carbonyl (C=O) groups excluding carboxylic acids is 1. The third-order valence-corrected chi connectivity index (χ3v) is 6.62. The second-order valence-corrected chi connectivity index (χ2v) is 9.48. The number of pyridine rings is 2. The van der Waals surface area contributed by atoms with Gasteiger partial charge in [-0.15, -0.1) is 0 Å². The maximum atomic E-state index is 13.7. The molecule has 0 saturated heterocycles. The fraction of sp³-hybridized carbons (Fsp3) is 0.393. The SMILES string of the molecule is COc1cccc(-c2cnc3c(c2)C(=O)N([C@H](C)CO)C[C@H](C)[C@@H](CN(C)Cc2ccncc2)O3)c1. The minimum atomic E-state index is -0.332. The normalized spacial score (nSPS) is 18.7.